The van der Waals surface area contributed by atoms with E-state index < -0.39 is 0 Å². The molecule has 3 atom stereocenters. The molecule has 0 saturated heterocycles. The molecule has 1 aliphatic carbocycles. The first-order valence-corrected chi connectivity index (χ1v) is 7.05. The lowest BCUT2D eigenvalue weighted by Crippen LogP contribution is -2.48. The fourth-order valence-electron chi connectivity index (χ4n) is 3.32. The van der Waals surface area contributed by atoms with Gasteiger partial charge in [0.2, 0.25) is 0 Å². The van der Waals surface area contributed by atoms with E-state index in [0.29, 0.717) is 0 Å². The lowest BCUT2D eigenvalue weighted by Gasteiger charge is -2.43. The predicted octanol–water partition coefficient (Wildman–Crippen LogP) is 2.87. The molecular weight excluding hydrogens is 196 g/mol. The molecule has 1 saturated carbocycles. The fraction of sp³-hybridized carbons (Fsp3) is 1.00. The van der Waals surface area contributed by atoms with E-state index in [2.05, 4.69) is 32.7 Å². The van der Waals surface area contributed by atoms with Crippen molar-refractivity contribution in [2.75, 3.05) is 13.6 Å². The van der Waals surface area contributed by atoms with E-state index >= 15 is 0 Å². The van der Waals surface area contributed by atoms with Crippen molar-refractivity contribution in [1.82, 2.24) is 4.90 Å². The quantitative estimate of drug-likeness (QED) is 0.781. The molecule has 0 spiro atoms. The molecule has 96 valence electrons. The van der Waals surface area contributed by atoms with Crippen LogP contribution in [0.3, 0.4) is 0 Å². The van der Waals surface area contributed by atoms with Crippen LogP contribution in [0.5, 0.6) is 0 Å². The molecule has 2 nitrogen and oxygen atoms in total. The minimum atomic E-state index is 0.721. The van der Waals surface area contributed by atoms with Gasteiger partial charge in [-0.25, -0.2) is 0 Å². The summed E-state index contributed by atoms with van der Waals surface area (Å²) in [5.41, 5.74) is 5.93. The third kappa shape index (κ3) is 3.21. The van der Waals surface area contributed by atoms with Crippen LogP contribution in [0.4, 0.5) is 0 Å². The molecule has 0 radical (unpaired) electrons. The number of rotatable bonds is 5. The summed E-state index contributed by atoms with van der Waals surface area (Å²) < 4.78 is 0. The van der Waals surface area contributed by atoms with Gasteiger partial charge in [0.15, 0.2) is 0 Å². The van der Waals surface area contributed by atoms with E-state index in [-0.39, 0.29) is 0 Å². The van der Waals surface area contributed by atoms with Gasteiger partial charge in [0.25, 0.3) is 0 Å². The molecule has 16 heavy (non-hydrogen) atoms. The Morgan fingerprint density at radius 2 is 1.88 bits per heavy atom. The largest absolute Gasteiger partial charge is 0.330 e. The van der Waals surface area contributed by atoms with Gasteiger partial charge in [0.05, 0.1) is 0 Å². The highest BCUT2D eigenvalue weighted by Crippen LogP contribution is 2.32. The van der Waals surface area contributed by atoms with Crippen molar-refractivity contribution in [2.45, 2.75) is 65.0 Å². The molecule has 0 aromatic carbocycles. The third-order valence-electron chi connectivity index (χ3n) is 4.56. The van der Waals surface area contributed by atoms with Crippen LogP contribution in [0.15, 0.2) is 0 Å². The van der Waals surface area contributed by atoms with Gasteiger partial charge in [-0.2, -0.15) is 0 Å². The van der Waals surface area contributed by atoms with Crippen LogP contribution in [0.25, 0.3) is 0 Å². The van der Waals surface area contributed by atoms with Crippen LogP contribution in [0, 0.1) is 11.8 Å². The molecule has 0 heterocycles. The second-order valence-corrected chi connectivity index (χ2v) is 5.62. The van der Waals surface area contributed by atoms with Crippen LogP contribution in [-0.4, -0.2) is 30.6 Å². The van der Waals surface area contributed by atoms with Crippen LogP contribution < -0.4 is 5.73 Å². The molecule has 1 fully saturated rings. The van der Waals surface area contributed by atoms with E-state index in [4.69, 9.17) is 5.73 Å². The summed E-state index contributed by atoms with van der Waals surface area (Å²) in [6.45, 7) is 7.85. The number of hydrogen-bond donors (Lipinski definition) is 1. The highest BCUT2D eigenvalue weighted by atomic mass is 15.2. The monoisotopic (exact) mass is 226 g/mol. The Balaban J connectivity index is 2.65. The van der Waals surface area contributed by atoms with Crippen molar-refractivity contribution in [3.05, 3.63) is 0 Å². The summed E-state index contributed by atoms with van der Waals surface area (Å²) in [6.07, 6.45) is 6.56. The van der Waals surface area contributed by atoms with E-state index in [1.54, 1.807) is 0 Å². The standard InChI is InChI=1S/C14H30N2/c1-5-13(6-2)16(4)14-9-11(3)7-8-12(14)10-15/h11-14H,5-10,15H2,1-4H3. The van der Waals surface area contributed by atoms with Crippen LogP contribution >= 0.6 is 0 Å². The molecule has 2 heteroatoms. The third-order valence-corrected chi connectivity index (χ3v) is 4.56. The molecule has 0 amide bonds. The summed E-state index contributed by atoms with van der Waals surface area (Å²) in [5.74, 6) is 1.60. The summed E-state index contributed by atoms with van der Waals surface area (Å²) in [4.78, 5) is 2.62. The summed E-state index contributed by atoms with van der Waals surface area (Å²) >= 11 is 0. The molecule has 0 bridgehead atoms. The van der Waals surface area contributed by atoms with Gasteiger partial charge in [-0.15, -0.1) is 0 Å². The molecular formula is C14H30N2. The molecule has 1 rings (SSSR count). The second kappa shape index (κ2) is 6.61. The smallest absolute Gasteiger partial charge is 0.0138 e. The Morgan fingerprint density at radius 1 is 1.25 bits per heavy atom. The summed E-state index contributed by atoms with van der Waals surface area (Å²) in [6, 6.07) is 1.46. The summed E-state index contributed by atoms with van der Waals surface area (Å²) in [7, 11) is 2.31. The molecule has 2 N–H and O–H groups in total. The lowest BCUT2D eigenvalue weighted by molar-refractivity contribution is 0.0697. The van der Waals surface area contributed by atoms with E-state index in [9.17, 15) is 0 Å². The molecule has 0 aromatic heterocycles. The van der Waals surface area contributed by atoms with Gasteiger partial charge in [-0.3, -0.25) is 0 Å². The first-order valence-electron chi connectivity index (χ1n) is 7.05. The van der Waals surface area contributed by atoms with Crippen molar-refractivity contribution in [3.8, 4) is 0 Å². The van der Waals surface area contributed by atoms with Crippen LogP contribution in [0.1, 0.15) is 52.9 Å². The average Bonchev–Trinajstić information content (AvgIpc) is 2.30. The zero-order chi connectivity index (χ0) is 12.1. The van der Waals surface area contributed by atoms with Crippen molar-refractivity contribution >= 4 is 0 Å². The zero-order valence-electron chi connectivity index (χ0n) is 11.6. The maximum atomic E-state index is 5.93. The molecule has 0 aliphatic heterocycles. The molecule has 0 aromatic rings. The lowest BCUT2D eigenvalue weighted by atomic mass is 9.78. The average molecular weight is 226 g/mol. The highest BCUT2D eigenvalue weighted by molar-refractivity contribution is 4.87. The van der Waals surface area contributed by atoms with Gasteiger partial charge < -0.3 is 10.6 Å². The zero-order valence-corrected chi connectivity index (χ0v) is 11.6. The first kappa shape index (κ1) is 14.0. The topological polar surface area (TPSA) is 29.3 Å². The normalized spacial score (nSPS) is 31.3. The van der Waals surface area contributed by atoms with Crippen molar-refractivity contribution in [2.24, 2.45) is 17.6 Å². The number of nitrogens with two attached hydrogens (primary N) is 1. The summed E-state index contributed by atoms with van der Waals surface area (Å²) in [5, 5.41) is 0. The van der Waals surface area contributed by atoms with Gasteiger partial charge in [0, 0.05) is 12.1 Å². The van der Waals surface area contributed by atoms with E-state index in [0.717, 1.165) is 30.5 Å². The molecule has 1 aliphatic rings. The van der Waals surface area contributed by atoms with E-state index in [1.807, 2.05) is 0 Å². The predicted molar refractivity (Wildman–Crippen MR) is 71.5 cm³/mol. The Bertz CT molecular complexity index is 189. The minimum Gasteiger partial charge on any atom is -0.330 e. The maximum Gasteiger partial charge on any atom is 0.0138 e. The van der Waals surface area contributed by atoms with Crippen molar-refractivity contribution in [3.63, 3.8) is 0 Å². The Labute approximate surface area is 102 Å². The van der Waals surface area contributed by atoms with Crippen LogP contribution in [0.2, 0.25) is 0 Å². The minimum absolute atomic E-state index is 0.721. The number of nitrogens with zero attached hydrogens (tertiary/aromatic N) is 1. The van der Waals surface area contributed by atoms with Gasteiger partial charge in [0.1, 0.15) is 0 Å². The Kier molecular flexibility index (Phi) is 5.77. The highest BCUT2D eigenvalue weighted by Gasteiger charge is 2.32. The molecule has 3 unspecified atom stereocenters. The van der Waals surface area contributed by atoms with Gasteiger partial charge >= 0.3 is 0 Å². The number of hydrogen-bond acceptors (Lipinski definition) is 2. The van der Waals surface area contributed by atoms with Crippen LogP contribution in [-0.2, 0) is 0 Å². The SMILES string of the molecule is CCC(CC)N(C)C1CC(C)CCC1CN. The Morgan fingerprint density at radius 3 is 2.38 bits per heavy atom. The van der Waals surface area contributed by atoms with E-state index in [1.165, 1.54) is 32.1 Å². The van der Waals surface area contributed by atoms with Gasteiger partial charge in [-0.1, -0.05) is 27.2 Å². The van der Waals surface area contributed by atoms with Gasteiger partial charge in [-0.05, 0) is 51.1 Å². The fourth-order valence-corrected chi connectivity index (χ4v) is 3.32. The first-order chi connectivity index (χ1) is 7.63. The van der Waals surface area contributed by atoms with Crippen molar-refractivity contribution in [1.29, 1.82) is 0 Å². The maximum absolute atomic E-state index is 5.93. The Hall–Kier alpha value is -0.0800. The second-order valence-electron chi connectivity index (χ2n) is 5.62. The van der Waals surface area contributed by atoms with Crippen molar-refractivity contribution < 1.29 is 0 Å².